The maximum Gasteiger partial charge on any atom is 0.0385 e. The highest BCUT2D eigenvalue weighted by molar-refractivity contribution is 5.57. The summed E-state index contributed by atoms with van der Waals surface area (Å²) in [6.07, 6.45) is 5.25. The number of rotatable bonds is 5. The summed E-state index contributed by atoms with van der Waals surface area (Å²) in [5, 5.41) is 0. The Hall–Kier alpha value is -0.370. The van der Waals surface area contributed by atoms with E-state index in [1.807, 2.05) is 13.1 Å². The molecule has 2 heteroatoms. The SMILES string of the molecule is CCCCN=CCC(C)N. The van der Waals surface area contributed by atoms with Crippen molar-refractivity contribution in [2.24, 2.45) is 10.7 Å². The smallest absolute Gasteiger partial charge is 0.0385 e. The van der Waals surface area contributed by atoms with Gasteiger partial charge in [-0.1, -0.05) is 13.3 Å². The Morgan fingerprint density at radius 3 is 2.80 bits per heavy atom. The third-order valence-corrected chi connectivity index (χ3v) is 1.25. The van der Waals surface area contributed by atoms with E-state index in [1.54, 1.807) is 0 Å². The molecule has 0 aliphatic rings. The molecule has 10 heavy (non-hydrogen) atoms. The summed E-state index contributed by atoms with van der Waals surface area (Å²) < 4.78 is 0. The Balaban J connectivity index is 3.04. The molecule has 1 unspecified atom stereocenters. The van der Waals surface area contributed by atoms with Crippen LogP contribution in [0.4, 0.5) is 0 Å². The van der Waals surface area contributed by atoms with Gasteiger partial charge in [-0.2, -0.15) is 0 Å². The van der Waals surface area contributed by atoms with Gasteiger partial charge in [-0.25, -0.2) is 0 Å². The Bertz CT molecular complexity index is 87.3. The third-order valence-electron chi connectivity index (χ3n) is 1.25. The van der Waals surface area contributed by atoms with Crippen LogP contribution in [0.25, 0.3) is 0 Å². The Morgan fingerprint density at radius 2 is 2.30 bits per heavy atom. The van der Waals surface area contributed by atoms with Crippen LogP contribution in [-0.2, 0) is 0 Å². The molecule has 2 nitrogen and oxygen atoms in total. The topological polar surface area (TPSA) is 38.4 Å². The van der Waals surface area contributed by atoms with Crippen LogP contribution in [0.15, 0.2) is 4.99 Å². The molecule has 60 valence electrons. The van der Waals surface area contributed by atoms with E-state index < -0.39 is 0 Å². The molecule has 2 N–H and O–H groups in total. The summed E-state index contributed by atoms with van der Waals surface area (Å²) in [4.78, 5) is 4.20. The number of hydrogen-bond donors (Lipinski definition) is 1. The number of nitrogens with zero attached hydrogens (tertiary/aromatic N) is 1. The van der Waals surface area contributed by atoms with Crippen molar-refractivity contribution in [2.45, 2.75) is 39.2 Å². The first-order chi connectivity index (χ1) is 4.77. The Morgan fingerprint density at radius 1 is 1.60 bits per heavy atom. The van der Waals surface area contributed by atoms with Gasteiger partial charge in [-0.3, -0.25) is 4.99 Å². The highest BCUT2D eigenvalue weighted by atomic mass is 14.7. The van der Waals surface area contributed by atoms with Crippen LogP contribution in [0, 0.1) is 0 Å². The van der Waals surface area contributed by atoms with Crippen LogP contribution in [0.2, 0.25) is 0 Å². The lowest BCUT2D eigenvalue weighted by Gasteiger charge is -1.96. The van der Waals surface area contributed by atoms with Gasteiger partial charge in [0.1, 0.15) is 0 Å². The number of aliphatic imine (C=N–C) groups is 1. The molecule has 0 aromatic rings. The predicted molar refractivity (Wildman–Crippen MR) is 46.5 cm³/mol. The van der Waals surface area contributed by atoms with Crippen molar-refractivity contribution in [3.8, 4) is 0 Å². The van der Waals surface area contributed by atoms with Crippen LogP contribution >= 0.6 is 0 Å². The van der Waals surface area contributed by atoms with Gasteiger partial charge in [0.05, 0.1) is 0 Å². The summed E-state index contributed by atoms with van der Waals surface area (Å²) in [6, 6.07) is 0.255. The minimum Gasteiger partial charge on any atom is -0.328 e. The Kier molecular flexibility index (Phi) is 6.50. The quantitative estimate of drug-likeness (QED) is 0.459. The summed E-state index contributed by atoms with van der Waals surface area (Å²) in [5.41, 5.74) is 5.52. The van der Waals surface area contributed by atoms with E-state index >= 15 is 0 Å². The predicted octanol–water partition coefficient (Wildman–Crippen LogP) is 1.59. The lowest BCUT2D eigenvalue weighted by molar-refractivity contribution is 0.773. The third kappa shape index (κ3) is 7.63. The number of nitrogens with two attached hydrogens (primary N) is 1. The molecule has 0 spiro atoms. The lowest BCUT2D eigenvalue weighted by atomic mass is 10.3. The number of unbranched alkanes of at least 4 members (excludes halogenated alkanes) is 1. The first kappa shape index (κ1) is 9.63. The van der Waals surface area contributed by atoms with E-state index in [1.165, 1.54) is 12.8 Å². The lowest BCUT2D eigenvalue weighted by Crippen LogP contribution is -2.14. The zero-order valence-corrected chi connectivity index (χ0v) is 7.01. The molecule has 0 radical (unpaired) electrons. The fraction of sp³-hybridized carbons (Fsp3) is 0.875. The molecule has 0 fully saturated rings. The van der Waals surface area contributed by atoms with Crippen molar-refractivity contribution in [1.82, 2.24) is 0 Å². The van der Waals surface area contributed by atoms with Gasteiger partial charge in [0.25, 0.3) is 0 Å². The van der Waals surface area contributed by atoms with E-state index in [0.29, 0.717) is 0 Å². The van der Waals surface area contributed by atoms with Gasteiger partial charge in [0, 0.05) is 18.8 Å². The fourth-order valence-corrected chi connectivity index (χ4v) is 0.581. The highest BCUT2D eigenvalue weighted by Crippen LogP contribution is 1.87. The fourth-order valence-electron chi connectivity index (χ4n) is 0.581. The molecule has 0 aromatic carbocycles. The zero-order chi connectivity index (χ0) is 7.82. The molecule has 0 aliphatic heterocycles. The molecule has 0 saturated heterocycles. The standard InChI is InChI=1S/C8H18N2/c1-3-4-6-10-7-5-8(2)9/h7-8H,3-6,9H2,1-2H3. The minimum absolute atomic E-state index is 0.255. The van der Waals surface area contributed by atoms with Crippen molar-refractivity contribution >= 4 is 6.21 Å². The van der Waals surface area contributed by atoms with Crippen LogP contribution in [0.3, 0.4) is 0 Å². The molecule has 0 saturated carbocycles. The molecule has 0 rings (SSSR count). The first-order valence-corrected chi connectivity index (χ1v) is 4.01. The van der Waals surface area contributed by atoms with E-state index in [9.17, 15) is 0 Å². The largest absolute Gasteiger partial charge is 0.328 e. The van der Waals surface area contributed by atoms with Gasteiger partial charge in [0.15, 0.2) is 0 Å². The van der Waals surface area contributed by atoms with E-state index in [0.717, 1.165) is 13.0 Å². The molecular formula is C8H18N2. The first-order valence-electron chi connectivity index (χ1n) is 4.01. The molecule has 0 aliphatic carbocycles. The van der Waals surface area contributed by atoms with Crippen LogP contribution < -0.4 is 5.73 Å². The van der Waals surface area contributed by atoms with E-state index in [4.69, 9.17) is 5.73 Å². The van der Waals surface area contributed by atoms with Crippen molar-refractivity contribution in [1.29, 1.82) is 0 Å². The maximum absolute atomic E-state index is 5.52. The van der Waals surface area contributed by atoms with E-state index in [2.05, 4.69) is 11.9 Å². The normalized spacial score (nSPS) is 14.3. The second-order valence-electron chi connectivity index (χ2n) is 2.66. The van der Waals surface area contributed by atoms with Gasteiger partial charge in [-0.15, -0.1) is 0 Å². The van der Waals surface area contributed by atoms with Crippen molar-refractivity contribution < 1.29 is 0 Å². The second-order valence-corrected chi connectivity index (χ2v) is 2.66. The van der Waals surface area contributed by atoms with Gasteiger partial charge in [-0.05, 0) is 19.8 Å². The summed E-state index contributed by atoms with van der Waals surface area (Å²) in [5.74, 6) is 0. The molecule has 0 amide bonds. The van der Waals surface area contributed by atoms with E-state index in [-0.39, 0.29) is 6.04 Å². The van der Waals surface area contributed by atoms with Crippen molar-refractivity contribution in [3.63, 3.8) is 0 Å². The van der Waals surface area contributed by atoms with Crippen LogP contribution in [-0.4, -0.2) is 18.8 Å². The number of hydrogen-bond acceptors (Lipinski definition) is 2. The monoisotopic (exact) mass is 142 g/mol. The van der Waals surface area contributed by atoms with Crippen LogP contribution in [0.1, 0.15) is 33.1 Å². The molecule has 0 bridgehead atoms. The highest BCUT2D eigenvalue weighted by Gasteiger charge is 1.86. The second kappa shape index (κ2) is 6.75. The minimum atomic E-state index is 0.255. The van der Waals surface area contributed by atoms with Crippen molar-refractivity contribution in [2.75, 3.05) is 6.54 Å². The van der Waals surface area contributed by atoms with Crippen molar-refractivity contribution in [3.05, 3.63) is 0 Å². The molecular weight excluding hydrogens is 124 g/mol. The van der Waals surface area contributed by atoms with Crippen LogP contribution in [0.5, 0.6) is 0 Å². The molecule has 0 heterocycles. The average Bonchev–Trinajstić information content (AvgIpc) is 1.87. The summed E-state index contributed by atoms with van der Waals surface area (Å²) in [6.45, 7) is 5.12. The maximum atomic E-state index is 5.52. The molecule has 1 atom stereocenters. The summed E-state index contributed by atoms with van der Waals surface area (Å²) >= 11 is 0. The molecule has 0 aromatic heterocycles. The van der Waals surface area contributed by atoms with Gasteiger partial charge < -0.3 is 5.73 Å². The van der Waals surface area contributed by atoms with Gasteiger partial charge >= 0.3 is 0 Å². The zero-order valence-electron chi connectivity index (χ0n) is 7.01. The average molecular weight is 142 g/mol. The summed E-state index contributed by atoms with van der Waals surface area (Å²) in [7, 11) is 0. The Labute approximate surface area is 63.5 Å². The van der Waals surface area contributed by atoms with Gasteiger partial charge in [0.2, 0.25) is 0 Å².